The van der Waals surface area contributed by atoms with Gasteiger partial charge in [-0.25, -0.2) is 0 Å². The zero-order chi connectivity index (χ0) is 10.4. The molecule has 0 aromatic carbocycles. The predicted octanol–water partition coefficient (Wildman–Crippen LogP) is 2.25. The molecule has 1 fully saturated rings. The first kappa shape index (κ1) is 12.0. The third-order valence-electron chi connectivity index (χ3n) is 2.95. The Balaban J connectivity index is 2.38. The first-order chi connectivity index (χ1) is 6.64. The largest absolute Gasteiger partial charge is 0.311 e. The maximum Gasteiger partial charge on any atom is 0.0252 e. The summed E-state index contributed by atoms with van der Waals surface area (Å²) in [6.45, 7) is 11.9. The second-order valence-corrected chi connectivity index (χ2v) is 5.15. The summed E-state index contributed by atoms with van der Waals surface area (Å²) in [6.07, 6.45) is 5.33. The van der Waals surface area contributed by atoms with E-state index in [-0.39, 0.29) is 0 Å². The lowest BCUT2D eigenvalue weighted by Crippen LogP contribution is -2.51. The molecule has 0 aromatic rings. The van der Waals surface area contributed by atoms with Crippen molar-refractivity contribution >= 4 is 0 Å². The Morgan fingerprint density at radius 3 is 2.79 bits per heavy atom. The van der Waals surface area contributed by atoms with Crippen LogP contribution in [0.4, 0.5) is 0 Å². The number of nitrogens with one attached hydrogen (secondary N) is 1. The van der Waals surface area contributed by atoms with Crippen LogP contribution in [0.25, 0.3) is 0 Å². The monoisotopic (exact) mass is 198 g/mol. The van der Waals surface area contributed by atoms with Gasteiger partial charge in [0.05, 0.1) is 0 Å². The van der Waals surface area contributed by atoms with Gasteiger partial charge < -0.3 is 10.2 Å². The summed E-state index contributed by atoms with van der Waals surface area (Å²) in [5.41, 5.74) is 0.300. The van der Waals surface area contributed by atoms with Crippen molar-refractivity contribution in [2.75, 3.05) is 26.2 Å². The van der Waals surface area contributed by atoms with E-state index < -0.39 is 0 Å². The zero-order valence-electron chi connectivity index (χ0n) is 10.1. The fourth-order valence-electron chi connectivity index (χ4n) is 2.15. The normalized spacial score (nSPS) is 24.2. The molecule has 2 nitrogen and oxygen atoms in total. The van der Waals surface area contributed by atoms with Crippen LogP contribution in [0, 0.1) is 0 Å². The van der Waals surface area contributed by atoms with Crippen molar-refractivity contribution in [2.24, 2.45) is 0 Å². The molecule has 0 saturated carbocycles. The molecular weight excluding hydrogens is 172 g/mol. The molecule has 0 aromatic heterocycles. The van der Waals surface area contributed by atoms with Gasteiger partial charge in [0.15, 0.2) is 0 Å². The Kier molecular flexibility index (Phi) is 4.90. The molecule has 0 amide bonds. The molecule has 1 aliphatic rings. The van der Waals surface area contributed by atoms with Gasteiger partial charge in [0.2, 0.25) is 0 Å². The van der Waals surface area contributed by atoms with E-state index in [1.807, 2.05) is 0 Å². The van der Waals surface area contributed by atoms with Gasteiger partial charge in [-0.05, 0) is 52.7 Å². The van der Waals surface area contributed by atoms with Crippen molar-refractivity contribution < 1.29 is 0 Å². The lowest BCUT2D eigenvalue weighted by Gasteiger charge is -2.36. The van der Waals surface area contributed by atoms with E-state index in [1.165, 1.54) is 51.9 Å². The van der Waals surface area contributed by atoms with Crippen LogP contribution in [0.5, 0.6) is 0 Å². The summed E-state index contributed by atoms with van der Waals surface area (Å²) in [7, 11) is 0. The third kappa shape index (κ3) is 4.43. The molecule has 1 N–H and O–H groups in total. The Morgan fingerprint density at radius 2 is 2.07 bits per heavy atom. The molecule has 84 valence electrons. The predicted molar refractivity (Wildman–Crippen MR) is 62.7 cm³/mol. The van der Waals surface area contributed by atoms with Gasteiger partial charge in [0.25, 0.3) is 0 Å². The van der Waals surface area contributed by atoms with Crippen LogP contribution in [-0.2, 0) is 0 Å². The van der Waals surface area contributed by atoms with Gasteiger partial charge in [-0.3, -0.25) is 0 Å². The van der Waals surface area contributed by atoms with E-state index in [0.717, 1.165) is 0 Å². The van der Waals surface area contributed by atoms with Crippen LogP contribution < -0.4 is 5.32 Å². The summed E-state index contributed by atoms with van der Waals surface area (Å²) < 4.78 is 0. The zero-order valence-corrected chi connectivity index (χ0v) is 10.1. The van der Waals surface area contributed by atoms with Crippen LogP contribution in [-0.4, -0.2) is 36.6 Å². The second-order valence-electron chi connectivity index (χ2n) is 5.15. The number of rotatable bonds is 3. The molecule has 0 unspecified atom stereocenters. The average Bonchev–Trinajstić information content (AvgIpc) is 2.09. The summed E-state index contributed by atoms with van der Waals surface area (Å²) >= 11 is 0. The highest BCUT2D eigenvalue weighted by molar-refractivity contribution is 4.83. The molecule has 1 heterocycles. The number of hydrogen-bond donors (Lipinski definition) is 1. The van der Waals surface area contributed by atoms with Gasteiger partial charge in [0, 0.05) is 12.1 Å². The molecule has 0 bridgehead atoms. The lowest BCUT2D eigenvalue weighted by atomic mass is 10.0. The van der Waals surface area contributed by atoms with Crippen LogP contribution in [0.2, 0.25) is 0 Å². The molecule has 2 heteroatoms. The highest BCUT2D eigenvalue weighted by Crippen LogP contribution is 2.11. The molecule has 1 aliphatic heterocycles. The van der Waals surface area contributed by atoms with Crippen molar-refractivity contribution in [3.8, 4) is 0 Å². The average molecular weight is 198 g/mol. The third-order valence-corrected chi connectivity index (χ3v) is 2.95. The van der Waals surface area contributed by atoms with Crippen molar-refractivity contribution in [3.05, 3.63) is 0 Å². The molecule has 0 spiro atoms. The fraction of sp³-hybridized carbons (Fsp3) is 1.00. The molecule has 14 heavy (non-hydrogen) atoms. The minimum absolute atomic E-state index is 0.300. The van der Waals surface area contributed by atoms with E-state index >= 15 is 0 Å². The molecule has 1 saturated heterocycles. The van der Waals surface area contributed by atoms with E-state index in [4.69, 9.17) is 0 Å². The second kappa shape index (κ2) is 5.72. The van der Waals surface area contributed by atoms with Crippen LogP contribution in [0.15, 0.2) is 0 Å². The van der Waals surface area contributed by atoms with E-state index in [2.05, 4.69) is 31.0 Å². The van der Waals surface area contributed by atoms with Crippen LogP contribution >= 0.6 is 0 Å². The van der Waals surface area contributed by atoms with Crippen molar-refractivity contribution in [1.82, 2.24) is 10.2 Å². The van der Waals surface area contributed by atoms with Gasteiger partial charge in [-0.2, -0.15) is 0 Å². The first-order valence-corrected chi connectivity index (χ1v) is 6.11. The maximum absolute atomic E-state index is 3.63. The Hall–Kier alpha value is -0.0800. The smallest absolute Gasteiger partial charge is 0.0252 e. The number of nitrogens with zero attached hydrogens (tertiary/aromatic N) is 1. The number of hydrogen-bond acceptors (Lipinski definition) is 2. The summed E-state index contributed by atoms with van der Waals surface area (Å²) in [5, 5.41) is 3.63. The molecular formula is C12H26N2. The SMILES string of the molecule is CCCCN1CCCCNC(C)(C)C1. The lowest BCUT2D eigenvalue weighted by molar-refractivity contribution is 0.179. The van der Waals surface area contributed by atoms with Crippen molar-refractivity contribution in [2.45, 2.75) is 52.0 Å². The van der Waals surface area contributed by atoms with Crippen LogP contribution in [0.1, 0.15) is 46.5 Å². The molecule has 1 rings (SSSR count). The Morgan fingerprint density at radius 1 is 1.29 bits per heavy atom. The first-order valence-electron chi connectivity index (χ1n) is 6.11. The Labute approximate surface area is 89.1 Å². The minimum Gasteiger partial charge on any atom is -0.311 e. The van der Waals surface area contributed by atoms with Gasteiger partial charge >= 0.3 is 0 Å². The standard InChI is InChI=1S/C12H26N2/c1-4-5-9-14-10-7-6-8-13-12(2,3)11-14/h13H,4-11H2,1-3H3. The summed E-state index contributed by atoms with van der Waals surface area (Å²) in [6, 6.07) is 0. The highest BCUT2D eigenvalue weighted by Gasteiger charge is 2.22. The fourth-order valence-corrected chi connectivity index (χ4v) is 2.15. The molecule has 0 atom stereocenters. The topological polar surface area (TPSA) is 15.3 Å². The maximum atomic E-state index is 3.63. The van der Waals surface area contributed by atoms with Gasteiger partial charge in [-0.15, -0.1) is 0 Å². The van der Waals surface area contributed by atoms with Crippen molar-refractivity contribution in [3.63, 3.8) is 0 Å². The highest BCUT2D eigenvalue weighted by atomic mass is 15.2. The van der Waals surface area contributed by atoms with Crippen LogP contribution in [0.3, 0.4) is 0 Å². The quantitative estimate of drug-likeness (QED) is 0.748. The van der Waals surface area contributed by atoms with Gasteiger partial charge in [-0.1, -0.05) is 13.3 Å². The summed E-state index contributed by atoms with van der Waals surface area (Å²) in [4.78, 5) is 2.62. The molecule has 0 radical (unpaired) electrons. The molecule has 0 aliphatic carbocycles. The van der Waals surface area contributed by atoms with E-state index in [0.29, 0.717) is 5.54 Å². The minimum atomic E-state index is 0.300. The summed E-state index contributed by atoms with van der Waals surface area (Å²) in [5.74, 6) is 0. The van der Waals surface area contributed by atoms with E-state index in [1.54, 1.807) is 0 Å². The van der Waals surface area contributed by atoms with Gasteiger partial charge in [0.1, 0.15) is 0 Å². The Bertz CT molecular complexity index is 152. The number of unbranched alkanes of at least 4 members (excludes halogenated alkanes) is 1. The van der Waals surface area contributed by atoms with E-state index in [9.17, 15) is 0 Å². The van der Waals surface area contributed by atoms with Crippen molar-refractivity contribution in [1.29, 1.82) is 0 Å².